The van der Waals surface area contributed by atoms with Crippen LogP contribution in [0.1, 0.15) is 27.7 Å². The maximum Gasteiger partial charge on any atom is 0.265 e. The molecule has 1 N–H and O–H groups in total. The Hall–Kier alpha value is -2.98. The van der Waals surface area contributed by atoms with Crippen molar-refractivity contribution in [1.29, 1.82) is 0 Å². The fourth-order valence-electron chi connectivity index (χ4n) is 2.74. The topological polar surface area (TPSA) is 107 Å². The number of hydrazone groups is 1. The van der Waals surface area contributed by atoms with Crippen LogP contribution in [0, 0.1) is 5.41 Å². The van der Waals surface area contributed by atoms with E-state index >= 15 is 0 Å². The van der Waals surface area contributed by atoms with Crippen molar-refractivity contribution in [2.75, 3.05) is 32.2 Å². The molecule has 0 aliphatic carbocycles. The Bertz CT molecular complexity index is 1180. The first-order valence-electron chi connectivity index (χ1n) is 10.3. The lowest BCUT2D eigenvalue weighted by Gasteiger charge is -2.26. The van der Waals surface area contributed by atoms with E-state index in [1.54, 1.807) is 13.0 Å². The van der Waals surface area contributed by atoms with Gasteiger partial charge >= 0.3 is 0 Å². The summed E-state index contributed by atoms with van der Waals surface area (Å²) in [7, 11) is -0.0375. The van der Waals surface area contributed by atoms with Crippen LogP contribution in [0.2, 0.25) is 5.02 Å². The van der Waals surface area contributed by atoms with E-state index < -0.39 is 22.5 Å². The quantitative estimate of drug-likeness (QED) is 0.401. The average Bonchev–Trinajstić information content (AvgIpc) is 2.79. The Morgan fingerprint density at radius 1 is 1.00 bits per heavy atom. The number of nitrogens with one attached hydrogen (secondary N) is 1. The normalized spacial score (nSPS) is 12.2. The van der Waals surface area contributed by atoms with Crippen molar-refractivity contribution in [1.82, 2.24) is 5.43 Å². The van der Waals surface area contributed by atoms with E-state index in [1.165, 1.54) is 51.7 Å². The summed E-state index contributed by atoms with van der Waals surface area (Å²) in [6, 6.07) is 8.64. The predicted molar refractivity (Wildman–Crippen MR) is 133 cm³/mol. The number of rotatable bonds is 9. The second-order valence-corrected chi connectivity index (χ2v) is 10.6. The van der Waals surface area contributed by atoms with Crippen LogP contribution >= 0.6 is 11.6 Å². The molecule has 2 aromatic carbocycles. The van der Waals surface area contributed by atoms with Crippen molar-refractivity contribution in [3.8, 4) is 17.2 Å². The van der Waals surface area contributed by atoms with Crippen LogP contribution in [0.3, 0.4) is 0 Å². The third-order valence-corrected chi connectivity index (χ3v) is 7.06. The van der Waals surface area contributed by atoms with Crippen molar-refractivity contribution in [3.05, 3.63) is 41.4 Å². The van der Waals surface area contributed by atoms with Crippen LogP contribution in [0.5, 0.6) is 17.2 Å². The summed E-state index contributed by atoms with van der Waals surface area (Å²) in [6.45, 7) is 7.04. The second-order valence-electron chi connectivity index (χ2n) is 8.33. The van der Waals surface area contributed by atoms with E-state index in [1.807, 2.05) is 20.8 Å². The lowest BCUT2D eigenvalue weighted by Crippen LogP contribution is -2.40. The Balaban J connectivity index is 2.58. The maximum absolute atomic E-state index is 13.7. The van der Waals surface area contributed by atoms with Gasteiger partial charge in [-0.15, -0.1) is 0 Å². The van der Waals surface area contributed by atoms with Gasteiger partial charge in [-0.2, -0.15) is 5.10 Å². The fourth-order valence-corrected chi connectivity index (χ4v) is 4.35. The number of carbonyl (C=O) groups is 1. The SMILES string of the molecule is COc1ccc(S(=O)(=O)N(CC(=O)N/N=C(/C)C(C)(C)C)c2cc(Cl)ccc2OC)cc1OC. The van der Waals surface area contributed by atoms with Crippen LogP contribution in [0.25, 0.3) is 0 Å². The standard InChI is InChI=1S/C23H30ClN3O6S/c1-15(23(2,3)4)25-26-22(28)14-27(18-12-16(24)8-10-19(18)31-5)34(29,30)17-9-11-20(32-6)21(13-17)33-7/h8-13H,14H2,1-7H3,(H,26,28)/b25-15-. The highest BCUT2D eigenvalue weighted by Crippen LogP contribution is 2.36. The Labute approximate surface area is 205 Å². The summed E-state index contributed by atoms with van der Waals surface area (Å²) in [5.41, 5.74) is 2.93. The summed E-state index contributed by atoms with van der Waals surface area (Å²) in [6.07, 6.45) is 0. The van der Waals surface area contributed by atoms with Crippen molar-refractivity contribution >= 4 is 38.9 Å². The number of hydrogen-bond acceptors (Lipinski definition) is 7. The molecule has 0 aliphatic rings. The molecule has 0 radical (unpaired) electrons. The van der Waals surface area contributed by atoms with E-state index in [-0.39, 0.29) is 32.5 Å². The first-order valence-corrected chi connectivity index (χ1v) is 12.1. The number of halogens is 1. The minimum Gasteiger partial charge on any atom is -0.495 e. The number of carbonyl (C=O) groups excluding carboxylic acids is 1. The van der Waals surface area contributed by atoms with Gasteiger partial charge in [-0.25, -0.2) is 13.8 Å². The van der Waals surface area contributed by atoms with E-state index in [0.29, 0.717) is 11.5 Å². The number of nitrogens with zero attached hydrogens (tertiary/aromatic N) is 2. The summed E-state index contributed by atoms with van der Waals surface area (Å²) in [5, 5.41) is 4.38. The zero-order valence-corrected chi connectivity index (χ0v) is 21.9. The van der Waals surface area contributed by atoms with E-state index in [2.05, 4.69) is 10.5 Å². The Morgan fingerprint density at radius 2 is 1.59 bits per heavy atom. The molecule has 0 saturated carbocycles. The molecule has 186 valence electrons. The predicted octanol–water partition coefficient (Wildman–Crippen LogP) is 4.10. The largest absolute Gasteiger partial charge is 0.495 e. The number of ether oxygens (including phenoxy) is 3. The highest BCUT2D eigenvalue weighted by molar-refractivity contribution is 7.92. The van der Waals surface area contributed by atoms with Gasteiger partial charge in [0.2, 0.25) is 0 Å². The zero-order chi connectivity index (χ0) is 25.7. The third-order valence-electron chi connectivity index (χ3n) is 5.07. The van der Waals surface area contributed by atoms with Crippen molar-refractivity contribution in [2.45, 2.75) is 32.6 Å². The van der Waals surface area contributed by atoms with Gasteiger partial charge in [-0.1, -0.05) is 32.4 Å². The number of methoxy groups -OCH3 is 3. The molecular formula is C23H30ClN3O6S. The molecular weight excluding hydrogens is 482 g/mol. The second kappa shape index (κ2) is 11.0. The van der Waals surface area contributed by atoms with Crippen LogP contribution in [-0.2, 0) is 14.8 Å². The van der Waals surface area contributed by atoms with Gasteiger partial charge in [0.1, 0.15) is 12.3 Å². The van der Waals surface area contributed by atoms with Crippen molar-refractivity contribution in [2.24, 2.45) is 10.5 Å². The van der Waals surface area contributed by atoms with Gasteiger partial charge in [-0.3, -0.25) is 9.10 Å². The average molecular weight is 512 g/mol. The van der Waals surface area contributed by atoms with E-state index in [0.717, 1.165) is 4.31 Å². The lowest BCUT2D eigenvalue weighted by atomic mass is 9.91. The molecule has 0 aliphatic heterocycles. The molecule has 34 heavy (non-hydrogen) atoms. The van der Waals surface area contributed by atoms with Crippen molar-refractivity contribution < 1.29 is 27.4 Å². The van der Waals surface area contributed by atoms with Crippen LogP contribution in [-0.4, -0.2) is 47.9 Å². The molecule has 0 spiro atoms. The minimum atomic E-state index is -4.27. The van der Waals surface area contributed by atoms with Gasteiger partial charge in [0.25, 0.3) is 15.9 Å². The molecule has 2 rings (SSSR count). The number of hydrogen-bond donors (Lipinski definition) is 1. The third kappa shape index (κ3) is 6.32. The van der Waals surface area contributed by atoms with Crippen LogP contribution in [0.15, 0.2) is 46.4 Å². The summed E-state index contributed by atoms with van der Waals surface area (Å²) < 4.78 is 44.2. The van der Waals surface area contributed by atoms with E-state index in [4.69, 9.17) is 25.8 Å². The molecule has 9 nitrogen and oxygen atoms in total. The highest BCUT2D eigenvalue weighted by Gasteiger charge is 2.31. The van der Waals surface area contributed by atoms with E-state index in [9.17, 15) is 13.2 Å². The smallest absolute Gasteiger partial charge is 0.265 e. The Kier molecular flexibility index (Phi) is 8.79. The number of benzene rings is 2. The molecule has 0 fully saturated rings. The molecule has 0 atom stereocenters. The summed E-state index contributed by atoms with van der Waals surface area (Å²) in [4.78, 5) is 12.7. The molecule has 0 aromatic heterocycles. The molecule has 0 saturated heterocycles. The first kappa shape index (κ1) is 27.3. The number of sulfonamides is 1. The molecule has 2 aromatic rings. The molecule has 0 unspecified atom stereocenters. The monoisotopic (exact) mass is 511 g/mol. The van der Waals surface area contributed by atoms with Gasteiger partial charge in [0.15, 0.2) is 11.5 Å². The fraction of sp³-hybridized carbons (Fsp3) is 0.391. The molecule has 11 heteroatoms. The minimum absolute atomic E-state index is 0.0939. The summed E-state index contributed by atoms with van der Waals surface area (Å²) >= 11 is 6.15. The van der Waals surface area contributed by atoms with Gasteiger partial charge < -0.3 is 14.2 Å². The molecule has 1 amide bonds. The van der Waals surface area contributed by atoms with Crippen molar-refractivity contribution in [3.63, 3.8) is 0 Å². The van der Waals surface area contributed by atoms with Gasteiger partial charge in [0, 0.05) is 22.2 Å². The zero-order valence-electron chi connectivity index (χ0n) is 20.3. The summed E-state index contributed by atoms with van der Waals surface area (Å²) in [5.74, 6) is 0.153. The lowest BCUT2D eigenvalue weighted by molar-refractivity contribution is -0.119. The first-order chi connectivity index (χ1) is 15.8. The van der Waals surface area contributed by atoms with Crippen LogP contribution in [0.4, 0.5) is 5.69 Å². The van der Waals surface area contributed by atoms with Gasteiger partial charge in [-0.05, 0) is 37.3 Å². The highest BCUT2D eigenvalue weighted by atomic mass is 35.5. The number of amides is 1. The van der Waals surface area contributed by atoms with Crippen LogP contribution < -0.4 is 23.9 Å². The number of anilines is 1. The Morgan fingerprint density at radius 3 is 2.15 bits per heavy atom. The van der Waals surface area contributed by atoms with Gasteiger partial charge in [0.05, 0.1) is 31.9 Å². The molecule has 0 heterocycles. The molecule has 0 bridgehead atoms. The maximum atomic E-state index is 13.7.